The average molecular weight is 270 g/mol. The summed E-state index contributed by atoms with van der Waals surface area (Å²) >= 11 is 1.37. The Morgan fingerprint density at radius 3 is 2.84 bits per heavy atom. The maximum atomic E-state index is 6.21. The van der Waals surface area contributed by atoms with Gasteiger partial charge in [0.05, 0.1) is 16.1 Å². The highest BCUT2D eigenvalue weighted by Gasteiger charge is 2.14. The zero-order valence-electron chi connectivity index (χ0n) is 10.6. The molecule has 1 aromatic carbocycles. The van der Waals surface area contributed by atoms with E-state index in [0.717, 1.165) is 27.2 Å². The van der Waals surface area contributed by atoms with Crippen molar-refractivity contribution < 1.29 is 0 Å². The van der Waals surface area contributed by atoms with Crippen LogP contribution in [0.25, 0.3) is 10.9 Å². The molecule has 3 aromatic rings. The summed E-state index contributed by atoms with van der Waals surface area (Å²) in [7, 11) is 0. The van der Waals surface area contributed by atoms with E-state index in [1.807, 2.05) is 31.2 Å². The predicted molar refractivity (Wildman–Crippen MR) is 77.0 cm³/mol. The molecular formula is C14H14N4S. The molecule has 0 aliphatic rings. The summed E-state index contributed by atoms with van der Waals surface area (Å²) in [6.45, 7) is 1.94. The number of hydrogen-bond acceptors (Lipinski definition) is 5. The van der Waals surface area contributed by atoms with Crippen LogP contribution in [-0.4, -0.2) is 14.6 Å². The minimum absolute atomic E-state index is 0.0892. The Kier molecular flexibility index (Phi) is 3.23. The molecule has 2 N–H and O–H groups in total. The summed E-state index contributed by atoms with van der Waals surface area (Å²) in [5.41, 5.74) is 9.13. The van der Waals surface area contributed by atoms with Crippen LogP contribution < -0.4 is 5.73 Å². The fraction of sp³-hybridized carbons (Fsp3) is 0.214. The normalized spacial score (nSPS) is 12.7. The molecule has 0 spiro atoms. The lowest BCUT2D eigenvalue weighted by Crippen LogP contribution is -2.13. The summed E-state index contributed by atoms with van der Waals surface area (Å²) < 4.78 is 3.93. The molecule has 0 bridgehead atoms. The molecule has 1 atom stereocenters. The lowest BCUT2D eigenvalue weighted by Gasteiger charge is -2.09. The van der Waals surface area contributed by atoms with Gasteiger partial charge < -0.3 is 5.73 Å². The monoisotopic (exact) mass is 270 g/mol. The van der Waals surface area contributed by atoms with E-state index in [1.54, 1.807) is 0 Å². The van der Waals surface area contributed by atoms with Crippen LogP contribution in [0.5, 0.6) is 0 Å². The van der Waals surface area contributed by atoms with Gasteiger partial charge in [-0.25, -0.2) is 0 Å². The Bertz CT molecular complexity index is 707. The Hall–Kier alpha value is -1.85. The summed E-state index contributed by atoms with van der Waals surface area (Å²) in [6.07, 6.45) is 0.704. The molecule has 0 saturated carbocycles. The maximum absolute atomic E-state index is 6.21. The molecule has 19 heavy (non-hydrogen) atoms. The van der Waals surface area contributed by atoms with Crippen LogP contribution in [-0.2, 0) is 6.42 Å². The third kappa shape index (κ3) is 2.47. The molecule has 3 rings (SSSR count). The standard InChI is InChI=1S/C14H14N4S/c1-9-14(19-18-17-9)12(15)8-11-7-6-10-4-2-3-5-13(10)16-11/h2-7,12H,8,15H2,1H3. The molecule has 1 unspecified atom stereocenters. The first-order valence-corrected chi connectivity index (χ1v) is 6.90. The molecular weight excluding hydrogens is 256 g/mol. The number of nitrogens with two attached hydrogens (primary N) is 1. The second kappa shape index (κ2) is 5.03. The number of fused-ring (bicyclic) bond motifs is 1. The SMILES string of the molecule is Cc1nnsc1C(N)Cc1ccc2ccccc2n1. The third-order valence-electron chi connectivity index (χ3n) is 3.11. The smallest absolute Gasteiger partial charge is 0.0772 e. The first-order valence-electron chi connectivity index (χ1n) is 6.13. The molecule has 0 radical (unpaired) electrons. The fourth-order valence-electron chi connectivity index (χ4n) is 2.12. The van der Waals surface area contributed by atoms with Crippen LogP contribution in [0.4, 0.5) is 0 Å². The summed E-state index contributed by atoms with van der Waals surface area (Å²) in [6, 6.07) is 12.1. The van der Waals surface area contributed by atoms with Gasteiger partial charge in [0.25, 0.3) is 0 Å². The van der Waals surface area contributed by atoms with Crippen LogP contribution in [0.3, 0.4) is 0 Å². The first kappa shape index (κ1) is 12.2. The lowest BCUT2D eigenvalue weighted by molar-refractivity contribution is 0.715. The maximum Gasteiger partial charge on any atom is 0.0772 e. The molecule has 0 saturated heterocycles. The third-order valence-corrected chi connectivity index (χ3v) is 4.07. The van der Waals surface area contributed by atoms with Gasteiger partial charge in [-0.3, -0.25) is 4.98 Å². The molecule has 0 aliphatic heterocycles. The van der Waals surface area contributed by atoms with Gasteiger partial charge in [0.15, 0.2) is 0 Å². The van der Waals surface area contributed by atoms with Gasteiger partial charge in [-0.1, -0.05) is 28.8 Å². The molecule has 0 aliphatic carbocycles. The van der Waals surface area contributed by atoms with E-state index < -0.39 is 0 Å². The fourth-order valence-corrected chi connectivity index (χ4v) is 2.76. The van der Waals surface area contributed by atoms with Crippen LogP contribution in [0.15, 0.2) is 36.4 Å². The quantitative estimate of drug-likeness (QED) is 0.794. The Balaban J connectivity index is 1.87. The number of hydrogen-bond donors (Lipinski definition) is 1. The highest BCUT2D eigenvalue weighted by molar-refractivity contribution is 7.05. The first-order chi connectivity index (χ1) is 9.24. The highest BCUT2D eigenvalue weighted by Crippen LogP contribution is 2.21. The van der Waals surface area contributed by atoms with Crippen molar-refractivity contribution in [1.29, 1.82) is 0 Å². The van der Waals surface area contributed by atoms with Gasteiger partial charge >= 0.3 is 0 Å². The van der Waals surface area contributed by atoms with Crippen molar-refractivity contribution in [3.05, 3.63) is 52.7 Å². The summed E-state index contributed by atoms with van der Waals surface area (Å²) in [4.78, 5) is 5.68. The highest BCUT2D eigenvalue weighted by atomic mass is 32.1. The van der Waals surface area contributed by atoms with E-state index in [1.165, 1.54) is 11.5 Å². The summed E-state index contributed by atoms with van der Waals surface area (Å²) in [5, 5.41) is 5.15. The van der Waals surface area contributed by atoms with E-state index >= 15 is 0 Å². The van der Waals surface area contributed by atoms with E-state index in [-0.39, 0.29) is 6.04 Å². The molecule has 2 heterocycles. The molecule has 2 aromatic heterocycles. The van der Waals surface area contributed by atoms with Gasteiger partial charge in [-0.2, -0.15) is 0 Å². The number of pyridine rings is 1. The van der Waals surface area contributed by atoms with Crippen LogP contribution >= 0.6 is 11.5 Å². The number of aryl methyl sites for hydroxylation is 1. The van der Waals surface area contributed by atoms with Gasteiger partial charge in [0.1, 0.15) is 0 Å². The van der Waals surface area contributed by atoms with Crippen LogP contribution in [0.2, 0.25) is 0 Å². The summed E-state index contributed by atoms with van der Waals surface area (Å²) in [5.74, 6) is 0. The van der Waals surface area contributed by atoms with E-state index in [4.69, 9.17) is 5.73 Å². The van der Waals surface area contributed by atoms with E-state index in [9.17, 15) is 0 Å². The Morgan fingerprint density at radius 2 is 2.05 bits per heavy atom. The van der Waals surface area contributed by atoms with Crippen molar-refractivity contribution >= 4 is 22.4 Å². The van der Waals surface area contributed by atoms with Crippen LogP contribution in [0, 0.1) is 6.92 Å². The second-order valence-corrected chi connectivity index (χ2v) is 5.31. The number of rotatable bonds is 3. The van der Waals surface area contributed by atoms with E-state index in [2.05, 4.69) is 26.7 Å². The number of para-hydroxylation sites is 1. The van der Waals surface area contributed by atoms with Crippen molar-refractivity contribution in [2.45, 2.75) is 19.4 Å². The number of nitrogens with zero attached hydrogens (tertiary/aromatic N) is 3. The molecule has 0 amide bonds. The van der Waals surface area contributed by atoms with Crippen LogP contribution in [0.1, 0.15) is 22.3 Å². The average Bonchev–Trinajstić information content (AvgIpc) is 2.85. The zero-order valence-corrected chi connectivity index (χ0v) is 11.4. The predicted octanol–water partition coefficient (Wildman–Crippen LogP) is 2.64. The van der Waals surface area contributed by atoms with Gasteiger partial charge in [0, 0.05) is 23.5 Å². The molecule has 4 nitrogen and oxygen atoms in total. The van der Waals surface area contributed by atoms with Crippen molar-refractivity contribution in [3.8, 4) is 0 Å². The molecule has 96 valence electrons. The topological polar surface area (TPSA) is 64.7 Å². The Labute approximate surface area is 115 Å². The Morgan fingerprint density at radius 1 is 1.21 bits per heavy atom. The lowest BCUT2D eigenvalue weighted by atomic mass is 10.1. The van der Waals surface area contributed by atoms with Crippen molar-refractivity contribution in [1.82, 2.24) is 14.6 Å². The van der Waals surface area contributed by atoms with Crippen molar-refractivity contribution in [2.24, 2.45) is 5.73 Å². The van der Waals surface area contributed by atoms with Crippen molar-refractivity contribution in [3.63, 3.8) is 0 Å². The minimum atomic E-state index is -0.0892. The number of benzene rings is 1. The number of aromatic nitrogens is 3. The van der Waals surface area contributed by atoms with E-state index in [0.29, 0.717) is 6.42 Å². The second-order valence-electron chi connectivity index (χ2n) is 4.53. The largest absolute Gasteiger partial charge is 0.323 e. The zero-order chi connectivity index (χ0) is 13.2. The van der Waals surface area contributed by atoms with Crippen molar-refractivity contribution in [2.75, 3.05) is 0 Å². The van der Waals surface area contributed by atoms with Gasteiger partial charge in [0.2, 0.25) is 0 Å². The molecule has 5 heteroatoms. The van der Waals surface area contributed by atoms with Gasteiger partial charge in [-0.15, -0.1) is 5.10 Å². The van der Waals surface area contributed by atoms with Gasteiger partial charge in [-0.05, 0) is 30.6 Å². The molecule has 0 fully saturated rings. The minimum Gasteiger partial charge on any atom is -0.323 e.